The minimum Gasteiger partial charge on any atom is -0.340 e. The molecule has 1 saturated heterocycles. The van der Waals surface area contributed by atoms with Crippen LogP contribution in [0.4, 0.5) is 0 Å². The van der Waals surface area contributed by atoms with Gasteiger partial charge in [-0.3, -0.25) is 4.79 Å². The van der Waals surface area contributed by atoms with Crippen LogP contribution in [0, 0.1) is 11.3 Å². The molecule has 1 aliphatic carbocycles. The second-order valence-corrected chi connectivity index (χ2v) is 7.93. The molecule has 0 unspecified atom stereocenters. The van der Waals surface area contributed by atoms with E-state index in [1.807, 2.05) is 0 Å². The second-order valence-electron chi connectivity index (χ2n) is 5.95. The Balaban J connectivity index is 1.96. The van der Waals surface area contributed by atoms with Crippen LogP contribution in [0.25, 0.3) is 0 Å². The fourth-order valence-corrected chi connectivity index (χ4v) is 4.09. The number of nitrogens with zero attached hydrogens (tertiary/aromatic N) is 2. The summed E-state index contributed by atoms with van der Waals surface area (Å²) >= 11 is 0. The van der Waals surface area contributed by atoms with Crippen LogP contribution in [0.3, 0.4) is 0 Å². The smallest absolute Gasteiger partial charge is 0.230 e. The second kappa shape index (κ2) is 5.03. The summed E-state index contributed by atoms with van der Waals surface area (Å²) in [5.41, 5.74) is 5.40. The standard InChI is InChI=1S/C12H23N3O3S/c1-10-7-12(8-10,9-13)11(16)14-3-5-15(6-4-14)19(2,17)18/h10H,3-9,13H2,1-2H3. The number of sulfonamides is 1. The van der Waals surface area contributed by atoms with Crippen molar-refractivity contribution >= 4 is 15.9 Å². The minimum atomic E-state index is -3.15. The molecule has 1 saturated carbocycles. The predicted octanol–water partition coefficient (Wildman–Crippen LogP) is -0.535. The third kappa shape index (κ3) is 2.78. The number of nitrogens with two attached hydrogens (primary N) is 1. The Kier molecular flexibility index (Phi) is 3.90. The zero-order chi connectivity index (χ0) is 14.3. The highest BCUT2D eigenvalue weighted by Gasteiger charge is 2.49. The van der Waals surface area contributed by atoms with E-state index in [9.17, 15) is 13.2 Å². The monoisotopic (exact) mass is 289 g/mol. The van der Waals surface area contributed by atoms with Crippen molar-refractivity contribution in [3.8, 4) is 0 Å². The molecule has 0 atom stereocenters. The Labute approximate surface area is 115 Å². The van der Waals surface area contributed by atoms with Crippen LogP contribution in [-0.4, -0.2) is 62.5 Å². The van der Waals surface area contributed by atoms with Gasteiger partial charge in [0.05, 0.1) is 11.7 Å². The van der Waals surface area contributed by atoms with Crippen LogP contribution < -0.4 is 5.73 Å². The zero-order valence-electron chi connectivity index (χ0n) is 11.6. The zero-order valence-corrected chi connectivity index (χ0v) is 12.4. The number of hydrogen-bond acceptors (Lipinski definition) is 4. The van der Waals surface area contributed by atoms with Crippen molar-refractivity contribution in [2.45, 2.75) is 19.8 Å². The topological polar surface area (TPSA) is 83.7 Å². The molecule has 2 aliphatic rings. The van der Waals surface area contributed by atoms with Gasteiger partial charge >= 0.3 is 0 Å². The lowest BCUT2D eigenvalue weighted by molar-refractivity contribution is -0.150. The highest BCUT2D eigenvalue weighted by atomic mass is 32.2. The molecule has 6 nitrogen and oxygen atoms in total. The molecule has 2 fully saturated rings. The molecule has 0 radical (unpaired) electrons. The lowest BCUT2D eigenvalue weighted by atomic mass is 9.62. The molecule has 1 aliphatic heterocycles. The molecule has 19 heavy (non-hydrogen) atoms. The number of carbonyl (C=O) groups is 1. The van der Waals surface area contributed by atoms with Crippen LogP contribution in [0.15, 0.2) is 0 Å². The highest BCUT2D eigenvalue weighted by Crippen LogP contribution is 2.46. The van der Waals surface area contributed by atoms with E-state index < -0.39 is 10.0 Å². The average molecular weight is 289 g/mol. The van der Waals surface area contributed by atoms with E-state index in [2.05, 4.69) is 6.92 Å². The summed E-state index contributed by atoms with van der Waals surface area (Å²) in [6.45, 7) is 4.25. The van der Waals surface area contributed by atoms with Crippen molar-refractivity contribution in [3.05, 3.63) is 0 Å². The van der Waals surface area contributed by atoms with Gasteiger partial charge in [-0.25, -0.2) is 8.42 Å². The normalized spacial score (nSPS) is 33.0. The molecule has 110 valence electrons. The fourth-order valence-electron chi connectivity index (χ4n) is 3.26. The van der Waals surface area contributed by atoms with E-state index in [1.165, 1.54) is 10.6 Å². The van der Waals surface area contributed by atoms with Gasteiger partial charge in [-0.05, 0) is 18.8 Å². The first-order valence-electron chi connectivity index (χ1n) is 6.73. The molecule has 0 bridgehead atoms. The number of carbonyl (C=O) groups excluding carboxylic acids is 1. The average Bonchev–Trinajstić information content (AvgIpc) is 2.33. The first-order chi connectivity index (χ1) is 8.78. The fraction of sp³-hybridized carbons (Fsp3) is 0.917. The number of hydrogen-bond donors (Lipinski definition) is 1. The summed E-state index contributed by atoms with van der Waals surface area (Å²) in [6.07, 6.45) is 2.92. The minimum absolute atomic E-state index is 0.112. The maximum Gasteiger partial charge on any atom is 0.230 e. The van der Waals surface area contributed by atoms with Gasteiger partial charge < -0.3 is 10.6 Å². The van der Waals surface area contributed by atoms with Crippen LogP contribution in [0.1, 0.15) is 19.8 Å². The van der Waals surface area contributed by atoms with Crippen molar-refractivity contribution < 1.29 is 13.2 Å². The first-order valence-corrected chi connectivity index (χ1v) is 8.58. The molecule has 0 aromatic rings. The molecular formula is C12H23N3O3S. The van der Waals surface area contributed by atoms with Crippen LogP contribution in [-0.2, 0) is 14.8 Å². The number of amides is 1. The first kappa shape index (κ1) is 14.7. The number of piperazine rings is 1. The Morgan fingerprint density at radius 1 is 1.26 bits per heavy atom. The summed E-state index contributed by atoms with van der Waals surface area (Å²) in [5, 5.41) is 0. The van der Waals surface area contributed by atoms with E-state index in [4.69, 9.17) is 5.73 Å². The maximum atomic E-state index is 12.5. The molecule has 2 N–H and O–H groups in total. The molecule has 0 aromatic heterocycles. The molecule has 2 rings (SSSR count). The summed E-state index contributed by atoms with van der Waals surface area (Å²) in [7, 11) is -3.15. The van der Waals surface area contributed by atoms with Crippen LogP contribution >= 0.6 is 0 Å². The van der Waals surface area contributed by atoms with Gasteiger partial charge in [-0.15, -0.1) is 0 Å². The summed E-state index contributed by atoms with van der Waals surface area (Å²) in [6, 6.07) is 0. The van der Waals surface area contributed by atoms with Crippen LogP contribution in [0.5, 0.6) is 0 Å². The Hall–Kier alpha value is -0.660. The van der Waals surface area contributed by atoms with Crippen molar-refractivity contribution in [1.82, 2.24) is 9.21 Å². The molecule has 1 amide bonds. The van der Waals surface area contributed by atoms with E-state index in [1.54, 1.807) is 4.90 Å². The van der Waals surface area contributed by atoms with E-state index in [0.29, 0.717) is 38.6 Å². The SMILES string of the molecule is CC1CC(CN)(C(=O)N2CCN(S(C)(=O)=O)CC2)C1. The maximum absolute atomic E-state index is 12.5. The van der Waals surface area contributed by atoms with Gasteiger partial charge in [-0.1, -0.05) is 6.92 Å². The summed E-state index contributed by atoms with van der Waals surface area (Å²) < 4.78 is 24.3. The van der Waals surface area contributed by atoms with Gasteiger partial charge in [0.15, 0.2) is 0 Å². The summed E-state index contributed by atoms with van der Waals surface area (Å²) in [5.74, 6) is 0.672. The van der Waals surface area contributed by atoms with Gasteiger partial charge in [0, 0.05) is 32.7 Å². The van der Waals surface area contributed by atoms with Crippen molar-refractivity contribution in [2.75, 3.05) is 39.0 Å². The summed E-state index contributed by atoms with van der Waals surface area (Å²) in [4.78, 5) is 14.3. The lowest BCUT2D eigenvalue weighted by Gasteiger charge is -2.48. The molecular weight excluding hydrogens is 266 g/mol. The van der Waals surface area contributed by atoms with E-state index in [0.717, 1.165) is 12.8 Å². The van der Waals surface area contributed by atoms with E-state index in [-0.39, 0.29) is 11.3 Å². The highest BCUT2D eigenvalue weighted by molar-refractivity contribution is 7.88. The third-order valence-corrected chi connectivity index (χ3v) is 5.62. The van der Waals surface area contributed by atoms with Crippen molar-refractivity contribution in [2.24, 2.45) is 17.1 Å². The largest absolute Gasteiger partial charge is 0.340 e. The van der Waals surface area contributed by atoms with Gasteiger partial charge in [0.25, 0.3) is 0 Å². The predicted molar refractivity (Wildman–Crippen MR) is 72.9 cm³/mol. The van der Waals surface area contributed by atoms with Crippen molar-refractivity contribution in [1.29, 1.82) is 0 Å². The Morgan fingerprint density at radius 3 is 2.16 bits per heavy atom. The molecule has 1 heterocycles. The Bertz CT molecular complexity index is 449. The lowest BCUT2D eigenvalue weighted by Crippen LogP contribution is -2.59. The molecule has 0 spiro atoms. The Morgan fingerprint density at radius 2 is 1.79 bits per heavy atom. The van der Waals surface area contributed by atoms with Crippen LogP contribution in [0.2, 0.25) is 0 Å². The number of rotatable bonds is 3. The quantitative estimate of drug-likeness (QED) is 0.757. The third-order valence-electron chi connectivity index (χ3n) is 4.32. The van der Waals surface area contributed by atoms with Gasteiger partial charge in [-0.2, -0.15) is 4.31 Å². The van der Waals surface area contributed by atoms with E-state index >= 15 is 0 Å². The molecule has 0 aromatic carbocycles. The van der Waals surface area contributed by atoms with Gasteiger partial charge in [0.1, 0.15) is 0 Å². The van der Waals surface area contributed by atoms with Gasteiger partial charge in [0.2, 0.25) is 15.9 Å². The molecule has 7 heteroatoms. The van der Waals surface area contributed by atoms with Crippen molar-refractivity contribution in [3.63, 3.8) is 0 Å².